The van der Waals surface area contributed by atoms with Gasteiger partial charge in [0.15, 0.2) is 22.4 Å². The summed E-state index contributed by atoms with van der Waals surface area (Å²) in [5, 5.41) is 12.2. The van der Waals surface area contributed by atoms with E-state index in [-0.39, 0.29) is 17.0 Å². The second kappa shape index (κ2) is 12.8. The highest BCUT2D eigenvalue weighted by Crippen LogP contribution is 2.46. The third kappa shape index (κ3) is 5.44. The molecule has 1 saturated heterocycles. The number of imidazole rings is 1. The van der Waals surface area contributed by atoms with Crippen LogP contribution in [0.3, 0.4) is 0 Å². The Labute approximate surface area is 270 Å². The molecule has 238 valence electrons. The molecule has 0 bridgehead atoms. The lowest BCUT2D eigenvalue weighted by molar-refractivity contribution is -0.132. The highest BCUT2D eigenvalue weighted by molar-refractivity contribution is 7.22. The number of hydrogen-bond acceptors (Lipinski definition) is 9. The maximum absolute atomic E-state index is 13.9. The van der Waals surface area contributed by atoms with E-state index >= 15 is 0 Å². The average molecular weight is 641 g/mol. The van der Waals surface area contributed by atoms with Gasteiger partial charge in [0.25, 0.3) is 5.78 Å². The number of aryl methyl sites for hydroxylation is 2. The molecule has 3 aromatic heterocycles. The normalized spacial score (nSPS) is 16.1. The third-order valence-electron chi connectivity index (χ3n) is 8.13. The molecule has 5 aromatic rings. The van der Waals surface area contributed by atoms with Gasteiger partial charge in [0, 0.05) is 6.20 Å². The fourth-order valence-corrected chi connectivity index (χ4v) is 6.78. The molecular weight excluding hydrogens is 604 g/mol. The van der Waals surface area contributed by atoms with Crippen molar-refractivity contribution in [1.29, 1.82) is 0 Å². The molecule has 1 aliphatic heterocycles. The zero-order valence-electron chi connectivity index (χ0n) is 26.5. The number of hydrogen-bond donors (Lipinski definition) is 1. The number of aromatic nitrogens is 3. The van der Waals surface area contributed by atoms with Crippen LogP contribution in [0.1, 0.15) is 61.7 Å². The minimum absolute atomic E-state index is 0.0786. The number of benzene rings is 2. The molecule has 0 saturated carbocycles. The van der Waals surface area contributed by atoms with Crippen molar-refractivity contribution >= 4 is 49.8 Å². The van der Waals surface area contributed by atoms with E-state index in [2.05, 4.69) is 6.92 Å². The maximum Gasteiger partial charge on any atom is 0.301 e. The third-order valence-corrected chi connectivity index (χ3v) is 9.15. The number of pyridine rings is 1. The van der Waals surface area contributed by atoms with Crippen LogP contribution in [0.4, 0.5) is 5.13 Å². The quantitative estimate of drug-likeness (QED) is 0.0700. The number of carbonyl (C=O) groups is 2. The van der Waals surface area contributed by atoms with Crippen LogP contribution in [0.5, 0.6) is 17.2 Å². The summed E-state index contributed by atoms with van der Waals surface area (Å²) in [4.78, 5) is 38.6. The number of nitrogens with zero attached hydrogens (tertiary/aromatic N) is 4. The van der Waals surface area contributed by atoms with Crippen LogP contribution in [-0.2, 0) is 9.59 Å². The number of carbonyl (C=O) groups excluding carboxylic acids is 2. The summed E-state index contributed by atoms with van der Waals surface area (Å²) in [5.41, 5.74) is 3.55. The summed E-state index contributed by atoms with van der Waals surface area (Å²) in [6.07, 6.45) is 4.88. The van der Waals surface area contributed by atoms with Gasteiger partial charge in [0.2, 0.25) is 0 Å². The van der Waals surface area contributed by atoms with Gasteiger partial charge in [-0.15, -0.1) is 0 Å². The second-order valence-corrected chi connectivity index (χ2v) is 12.1. The molecule has 2 aromatic carbocycles. The number of aliphatic hydroxyl groups is 1. The molecule has 46 heavy (non-hydrogen) atoms. The molecule has 11 heteroatoms. The van der Waals surface area contributed by atoms with Crippen molar-refractivity contribution in [2.75, 3.05) is 25.2 Å². The Morgan fingerprint density at radius 2 is 1.83 bits per heavy atom. The highest BCUT2D eigenvalue weighted by Gasteiger charge is 2.49. The van der Waals surface area contributed by atoms with Gasteiger partial charge in [-0.1, -0.05) is 43.2 Å². The first-order valence-electron chi connectivity index (χ1n) is 15.4. The van der Waals surface area contributed by atoms with E-state index in [1.807, 2.05) is 49.6 Å². The van der Waals surface area contributed by atoms with E-state index in [1.165, 1.54) is 16.2 Å². The summed E-state index contributed by atoms with van der Waals surface area (Å²) < 4.78 is 20.1. The van der Waals surface area contributed by atoms with Crippen molar-refractivity contribution in [2.24, 2.45) is 0 Å². The van der Waals surface area contributed by atoms with Gasteiger partial charge in [0.05, 0.1) is 47.8 Å². The van der Waals surface area contributed by atoms with Crippen molar-refractivity contribution < 1.29 is 28.9 Å². The lowest BCUT2D eigenvalue weighted by Crippen LogP contribution is -2.29. The first-order valence-corrected chi connectivity index (χ1v) is 16.2. The minimum atomic E-state index is -1.01. The largest absolute Gasteiger partial charge is 0.505 e. The molecule has 1 amide bonds. The van der Waals surface area contributed by atoms with Crippen LogP contribution in [0.25, 0.3) is 21.6 Å². The van der Waals surface area contributed by atoms with Crippen LogP contribution in [0, 0.1) is 13.8 Å². The van der Waals surface area contributed by atoms with Crippen LogP contribution in [0.15, 0.2) is 60.3 Å². The number of amides is 1. The van der Waals surface area contributed by atoms with Crippen molar-refractivity contribution in [2.45, 2.75) is 53.0 Å². The van der Waals surface area contributed by atoms with Crippen LogP contribution in [0.2, 0.25) is 0 Å². The number of Topliss-reactive ketones (excluding diaryl/α,β-unsaturated/α-hetero) is 1. The first-order chi connectivity index (χ1) is 22.3. The molecule has 4 heterocycles. The fraction of sp³-hybridized carbons (Fsp3) is 0.314. The maximum atomic E-state index is 13.9. The predicted molar refractivity (Wildman–Crippen MR) is 178 cm³/mol. The second-order valence-electron chi connectivity index (χ2n) is 11.1. The lowest BCUT2D eigenvalue weighted by Gasteiger charge is -2.24. The molecule has 1 aliphatic rings. The fourth-order valence-electron chi connectivity index (χ4n) is 5.76. The van der Waals surface area contributed by atoms with Gasteiger partial charge in [0.1, 0.15) is 17.1 Å². The van der Waals surface area contributed by atoms with E-state index in [0.29, 0.717) is 58.0 Å². The number of rotatable bonds is 11. The SMILES string of the molecule is CCCCCOc1ccc(C2/C(=C(\O)c3nc4c(C)cccn4c3C)C(=O)C(=O)N2c2nc3ccc(OC)cc3s2)cc1OCC. The van der Waals surface area contributed by atoms with Crippen molar-refractivity contribution in [3.8, 4) is 17.2 Å². The van der Waals surface area contributed by atoms with Gasteiger partial charge in [-0.2, -0.15) is 0 Å². The van der Waals surface area contributed by atoms with Crippen LogP contribution >= 0.6 is 11.3 Å². The lowest BCUT2D eigenvalue weighted by atomic mass is 9.96. The Morgan fingerprint density at radius 3 is 2.57 bits per heavy atom. The molecule has 1 fully saturated rings. The van der Waals surface area contributed by atoms with Crippen molar-refractivity contribution in [1.82, 2.24) is 14.4 Å². The number of unbranched alkanes of at least 4 members (excludes halogenated alkanes) is 2. The molecule has 1 unspecified atom stereocenters. The van der Waals surface area contributed by atoms with Crippen molar-refractivity contribution in [3.05, 3.63) is 82.8 Å². The average Bonchev–Trinajstić information content (AvgIpc) is 3.71. The number of ether oxygens (including phenoxy) is 3. The predicted octanol–water partition coefficient (Wildman–Crippen LogP) is 7.16. The van der Waals surface area contributed by atoms with Gasteiger partial charge in [-0.05, 0) is 74.7 Å². The summed E-state index contributed by atoms with van der Waals surface area (Å²) in [5.74, 6) is -0.284. The minimum Gasteiger partial charge on any atom is -0.505 e. The molecule has 6 rings (SSSR count). The topological polar surface area (TPSA) is 115 Å². The first kappa shape index (κ1) is 31.1. The number of methoxy groups -OCH3 is 1. The summed E-state index contributed by atoms with van der Waals surface area (Å²) >= 11 is 1.26. The zero-order valence-corrected chi connectivity index (χ0v) is 27.3. The Bertz CT molecular complexity index is 1990. The molecule has 10 nitrogen and oxygen atoms in total. The zero-order chi connectivity index (χ0) is 32.5. The Hall–Kier alpha value is -4.90. The number of aliphatic hydroxyl groups excluding tert-OH is 1. The Morgan fingerprint density at radius 1 is 1.00 bits per heavy atom. The van der Waals surface area contributed by atoms with Gasteiger partial charge in [-0.25, -0.2) is 9.97 Å². The monoisotopic (exact) mass is 640 g/mol. The highest BCUT2D eigenvalue weighted by atomic mass is 32.1. The summed E-state index contributed by atoms with van der Waals surface area (Å²) in [6.45, 7) is 8.67. The van der Waals surface area contributed by atoms with E-state index in [0.717, 1.165) is 29.5 Å². The van der Waals surface area contributed by atoms with Crippen molar-refractivity contribution in [3.63, 3.8) is 0 Å². The molecular formula is C35H36N4O6S. The van der Waals surface area contributed by atoms with E-state index in [4.69, 9.17) is 24.2 Å². The summed E-state index contributed by atoms with van der Waals surface area (Å²) in [7, 11) is 1.58. The number of fused-ring (bicyclic) bond motifs is 2. The number of thiazole rings is 1. The molecule has 1 atom stereocenters. The standard InChI is InChI=1S/C35H36N4O6S/c1-6-8-9-17-45-25-15-12-22(18-26(25)44-7-2)30-28(31(40)29-21(4)38-16-10-11-20(3)33(38)37-29)32(41)34(42)39(30)35-36-24-14-13-23(43-5)19-27(24)46-35/h10-16,18-19,30,40H,6-9,17H2,1-5H3/b31-28+. The number of ketones is 1. The van der Waals surface area contributed by atoms with E-state index in [1.54, 1.807) is 37.4 Å². The van der Waals surface area contributed by atoms with Gasteiger partial charge in [-0.3, -0.25) is 14.5 Å². The smallest absolute Gasteiger partial charge is 0.301 e. The Kier molecular flexibility index (Phi) is 8.68. The molecule has 0 spiro atoms. The molecule has 0 aliphatic carbocycles. The van der Waals surface area contributed by atoms with E-state index < -0.39 is 17.7 Å². The van der Waals surface area contributed by atoms with Gasteiger partial charge < -0.3 is 23.7 Å². The summed E-state index contributed by atoms with van der Waals surface area (Å²) in [6, 6.07) is 13.6. The molecule has 0 radical (unpaired) electrons. The number of anilines is 1. The molecule has 1 N–H and O–H groups in total. The van der Waals surface area contributed by atoms with Crippen LogP contribution in [-0.4, -0.2) is 51.5 Å². The van der Waals surface area contributed by atoms with Crippen LogP contribution < -0.4 is 19.1 Å². The van der Waals surface area contributed by atoms with E-state index in [9.17, 15) is 14.7 Å². The Balaban J connectivity index is 1.54. The van der Waals surface area contributed by atoms with Gasteiger partial charge >= 0.3 is 5.91 Å².